The number of benzene rings is 3. The molecule has 2 atom stereocenters. The van der Waals surface area contributed by atoms with E-state index < -0.39 is 40.6 Å². The van der Waals surface area contributed by atoms with Crippen LogP contribution in [0.15, 0.2) is 60.7 Å². The van der Waals surface area contributed by atoms with Crippen LogP contribution in [0.4, 0.5) is 26.3 Å². The van der Waals surface area contributed by atoms with Crippen molar-refractivity contribution in [1.82, 2.24) is 20.0 Å². The summed E-state index contributed by atoms with van der Waals surface area (Å²) in [6.07, 6.45) is -5.13. The maximum Gasteiger partial charge on any atom is 0.416 e. The zero-order chi connectivity index (χ0) is 43.7. The van der Waals surface area contributed by atoms with Gasteiger partial charge in [0.1, 0.15) is 12.2 Å². The highest BCUT2D eigenvalue weighted by Crippen LogP contribution is 2.48. The van der Waals surface area contributed by atoms with Gasteiger partial charge in [0, 0.05) is 50.1 Å². The summed E-state index contributed by atoms with van der Waals surface area (Å²) >= 11 is 12.7. The Kier molecular flexibility index (Phi) is 13.4. The molecule has 3 aromatic carbocycles. The number of piperidine rings is 1. The van der Waals surface area contributed by atoms with Crippen molar-refractivity contribution in [2.45, 2.75) is 86.9 Å². The Hall–Kier alpha value is -3.89. The van der Waals surface area contributed by atoms with Gasteiger partial charge in [-0.2, -0.15) is 26.3 Å². The summed E-state index contributed by atoms with van der Waals surface area (Å²) < 4.78 is 95.3. The van der Waals surface area contributed by atoms with Gasteiger partial charge >= 0.3 is 12.4 Å². The first kappa shape index (κ1) is 45.1. The number of nitrogens with zero attached hydrogens (tertiary/aromatic N) is 3. The molecule has 0 aromatic heterocycles. The second kappa shape index (κ2) is 18.1. The van der Waals surface area contributed by atoms with Gasteiger partial charge in [-0.25, -0.2) is 0 Å². The van der Waals surface area contributed by atoms with E-state index in [1.165, 1.54) is 16.0 Å². The zero-order valence-electron chi connectivity index (χ0n) is 33.6. The minimum absolute atomic E-state index is 0.00228. The number of likely N-dealkylation sites (tertiary alicyclic amines) is 1. The molecular weight excluding hydrogens is 849 g/mol. The van der Waals surface area contributed by atoms with E-state index in [-0.39, 0.29) is 65.7 Å². The van der Waals surface area contributed by atoms with E-state index >= 15 is 0 Å². The maximum atomic E-state index is 13.8. The second-order valence-corrected chi connectivity index (χ2v) is 17.5. The Morgan fingerprint density at radius 2 is 1.61 bits per heavy atom. The van der Waals surface area contributed by atoms with Crippen molar-refractivity contribution in [3.8, 4) is 0 Å². The van der Waals surface area contributed by atoms with Crippen LogP contribution < -0.4 is 5.32 Å². The summed E-state index contributed by atoms with van der Waals surface area (Å²) in [6.45, 7) is 1.83. The van der Waals surface area contributed by atoms with Crippen LogP contribution in [0.5, 0.6) is 0 Å². The van der Waals surface area contributed by atoms with Gasteiger partial charge in [-0.3, -0.25) is 14.4 Å². The normalized spacial score (nSPS) is 21.7. The van der Waals surface area contributed by atoms with Crippen LogP contribution in [0.3, 0.4) is 0 Å². The summed E-state index contributed by atoms with van der Waals surface area (Å²) in [6, 6.07) is 14.3. The minimum atomic E-state index is -5.12. The summed E-state index contributed by atoms with van der Waals surface area (Å²) in [5.41, 5.74) is -2.53. The van der Waals surface area contributed by atoms with Crippen LogP contribution in [-0.4, -0.2) is 104 Å². The zero-order valence-corrected chi connectivity index (χ0v) is 35.2. The lowest BCUT2D eigenvalue weighted by Crippen LogP contribution is -2.54. The van der Waals surface area contributed by atoms with Crippen molar-refractivity contribution in [3.05, 3.63) is 104 Å². The molecule has 2 aliphatic heterocycles. The van der Waals surface area contributed by atoms with Gasteiger partial charge < -0.3 is 29.5 Å². The molecule has 1 N–H and O–H groups in total. The van der Waals surface area contributed by atoms with Crippen LogP contribution in [0, 0.1) is 0 Å². The lowest BCUT2D eigenvalue weighted by Gasteiger charge is -2.46. The van der Waals surface area contributed by atoms with Gasteiger partial charge in [-0.05, 0) is 105 Å². The van der Waals surface area contributed by atoms with Gasteiger partial charge in [0.25, 0.3) is 5.91 Å². The lowest BCUT2D eigenvalue weighted by molar-refractivity contribution is -0.143. The van der Waals surface area contributed by atoms with Crippen molar-refractivity contribution in [2.75, 3.05) is 59.5 Å². The smallest absolute Gasteiger partial charge is 0.367 e. The summed E-state index contributed by atoms with van der Waals surface area (Å²) in [5.74, 6) is -1.15. The highest BCUT2D eigenvalue weighted by Gasteiger charge is 2.50. The first-order valence-corrected chi connectivity index (χ1v) is 21.3. The van der Waals surface area contributed by atoms with Crippen LogP contribution in [0.1, 0.15) is 83.1 Å². The SMILES string of the molecule is CN(CCCC(=O)NC1CC1)C(=O)CO[C@H]1Cc2ccccc2C12CCN(CC[C@@]1(c3ccc(Cl)c(Cl)c3)CN(C(=O)c3cc(C(F)(F)F)cc(C(F)(F)F)c3)CCO1)CC2. The van der Waals surface area contributed by atoms with Crippen molar-refractivity contribution >= 4 is 40.9 Å². The van der Waals surface area contributed by atoms with Gasteiger partial charge in [0.15, 0.2) is 0 Å². The topological polar surface area (TPSA) is 91.4 Å². The second-order valence-electron chi connectivity index (χ2n) is 16.7. The summed E-state index contributed by atoms with van der Waals surface area (Å²) in [4.78, 5) is 44.2. The molecule has 330 valence electrons. The third kappa shape index (κ3) is 10.3. The number of nitrogens with one attached hydrogen (secondary N) is 1. The monoisotopic (exact) mass is 896 g/mol. The Bertz CT molecular complexity index is 2080. The third-order valence-corrected chi connectivity index (χ3v) is 13.3. The molecule has 3 fully saturated rings. The van der Waals surface area contributed by atoms with Crippen molar-refractivity contribution in [1.29, 1.82) is 0 Å². The molecule has 17 heteroatoms. The number of carbonyl (C=O) groups is 3. The molecule has 9 nitrogen and oxygen atoms in total. The molecule has 7 rings (SSSR count). The van der Waals surface area contributed by atoms with Crippen molar-refractivity contribution in [2.24, 2.45) is 0 Å². The van der Waals surface area contributed by atoms with E-state index in [9.17, 15) is 40.7 Å². The van der Waals surface area contributed by atoms with E-state index in [1.54, 1.807) is 30.1 Å². The predicted octanol–water partition coefficient (Wildman–Crippen LogP) is 8.28. The standard InChI is InChI=1S/C44H48Cl2F6N4O5/c1-54(15-4-7-38(57)53-33-9-10-33)39(58)26-60-37-23-28-5-2-3-6-34(28)41(37)12-16-55(17-13-41)18-14-42(30-8-11-35(45)36(46)25-30)27-56(19-20-61-42)40(59)29-21-31(43(47,48)49)24-32(22-29)44(50,51)52/h2-3,5-6,8,11,21-22,24-25,33,37H,4,7,9-10,12-20,23,26-27H2,1H3,(H,53,57)/t37-,42-/m0/s1. The molecule has 2 saturated heterocycles. The summed E-state index contributed by atoms with van der Waals surface area (Å²) in [5, 5.41) is 3.45. The van der Waals surface area contributed by atoms with Gasteiger partial charge in [-0.1, -0.05) is 53.5 Å². The molecule has 61 heavy (non-hydrogen) atoms. The van der Waals surface area contributed by atoms with Crippen LogP contribution >= 0.6 is 23.2 Å². The summed E-state index contributed by atoms with van der Waals surface area (Å²) in [7, 11) is 1.72. The van der Waals surface area contributed by atoms with E-state index in [1.807, 2.05) is 12.1 Å². The maximum absolute atomic E-state index is 13.8. The van der Waals surface area contributed by atoms with E-state index in [0.29, 0.717) is 75.6 Å². The van der Waals surface area contributed by atoms with Gasteiger partial charge in [-0.15, -0.1) is 0 Å². The lowest BCUT2D eigenvalue weighted by atomic mass is 9.72. The minimum Gasteiger partial charge on any atom is -0.367 e. The Balaban J connectivity index is 1.04. The number of fused-ring (bicyclic) bond motifs is 2. The molecule has 0 radical (unpaired) electrons. The molecular formula is C44H48Cl2F6N4O5. The van der Waals surface area contributed by atoms with Gasteiger partial charge in [0.05, 0.1) is 40.4 Å². The Morgan fingerprint density at radius 3 is 2.26 bits per heavy atom. The number of morpholine rings is 1. The first-order chi connectivity index (χ1) is 28.9. The number of amides is 3. The Morgan fingerprint density at radius 1 is 0.918 bits per heavy atom. The number of carbonyl (C=O) groups excluding carboxylic acids is 3. The Labute approximate surface area is 360 Å². The quantitative estimate of drug-likeness (QED) is 0.174. The fourth-order valence-corrected chi connectivity index (χ4v) is 9.25. The molecule has 2 heterocycles. The van der Waals surface area contributed by atoms with Crippen molar-refractivity contribution < 1.29 is 50.2 Å². The largest absolute Gasteiger partial charge is 0.416 e. The average molecular weight is 898 g/mol. The third-order valence-electron chi connectivity index (χ3n) is 12.6. The number of halogens is 8. The van der Waals surface area contributed by atoms with E-state index in [0.717, 1.165) is 25.7 Å². The average Bonchev–Trinajstić information content (AvgIpc) is 4.00. The fourth-order valence-electron chi connectivity index (χ4n) is 8.96. The first-order valence-electron chi connectivity index (χ1n) is 20.5. The van der Waals surface area contributed by atoms with Crippen LogP contribution in [0.25, 0.3) is 0 Å². The van der Waals surface area contributed by atoms with E-state index in [4.69, 9.17) is 32.7 Å². The molecule has 3 amide bonds. The number of alkyl halides is 6. The molecule has 2 aliphatic carbocycles. The molecule has 3 aromatic rings. The number of likely N-dealkylation sites (N-methyl/N-ethyl adjacent to an activating group) is 1. The molecule has 1 spiro atoms. The number of ether oxygens (including phenoxy) is 2. The molecule has 0 bridgehead atoms. The van der Waals surface area contributed by atoms with Gasteiger partial charge in [0.2, 0.25) is 11.8 Å². The molecule has 0 unspecified atom stereocenters. The van der Waals surface area contributed by atoms with Crippen molar-refractivity contribution in [3.63, 3.8) is 0 Å². The molecule has 1 saturated carbocycles. The van der Waals surface area contributed by atoms with Crippen LogP contribution in [0.2, 0.25) is 10.0 Å². The number of hydrogen-bond donors (Lipinski definition) is 1. The number of hydrogen-bond acceptors (Lipinski definition) is 6. The predicted molar refractivity (Wildman–Crippen MR) is 216 cm³/mol. The van der Waals surface area contributed by atoms with Crippen LogP contribution in [-0.2, 0) is 48.9 Å². The highest BCUT2D eigenvalue weighted by molar-refractivity contribution is 6.42. The molecule has 4 aliphatic rings. The highest BCUT2D eigenvalue weighted by atomic mass is 35.5. The van der Waals surface area contributed by atoms with E-state index in [2.05, 4.69) is 22.3 Å². The fraction of sp³-hybridized carbons (Fsp3) is 0.523. The number of rotatable bonds is 13.